The van der Waals surface area contributed by atoms with E-state index < -0.39 is 11.9 Å². The van der Waals surface area contributed by atoms with E-state index in [1.54, 1.807) is 6.07 Å². The normalized spacial score (nSPS) is 13.9. The lowest BCUT2D eigenvalue weighted by Gasteiger charge is -2.18. The predicted molar refractivity (Wildman–Crippen MR) is 62.0 cm³/mol. The first kappa shape index (κ1) is 12.3. The molecule has 0 bridgehead atoms. The van der Waals surface area contributed by atoms with Crippen molar-refractivity contribution in [1.82, 2.24) is 0 Å². The van der Waals surface area contributed by atoms with E-state index >= 15 is 0 Å². The number of esters is 1. The molecular weight excluding hydrogens is 236 g/mol. The van der Waals surface area contributed by atoms with Crippen molar-refractivity contribution in [1.29, 1.82) is 0 Å². The largest absolute Gasteiger partial charge is 0.478 e. The lowest BCUT2D eigenvalue weighted by molar-refractivity contribution is 0.0579. The topological polar surface area (TPSA) is 80.7 Å². The number of carbonyl (C=O) groups is 3. The highest BCUT2D eigenvalue weighted by Gasteiger charge is 2.29. The van der Waals surface area contributed by atoms with Gasteiger partial charge in [-0.3, -0.25) is 4.79 Å². The van der Waals surface area contributed by atoms with E-state index in [-0.39, 0.29) is 22.5 Å². The molecule has 0 atom stereocenters. The fourth-order valence-corrected chi connectivity index (χ4v) is 2.23. The number of aromatic carboxylic acids is 1. The van der Waals surface area contributed by atoms with Crippen LogP contribution in [0, 0.1) is 0 Å². The molecule has 0 saturated heterocycles. The first-order valence-corrected chi connectivity index (χ1v) is 5.57. The van der Waals surface area contributed by atoms with Crippen LogP contribution in [0.3, 0.4) is 0 Å². The summed E-state index contributed by atoms with van der Waals surface area (Å²) in [5, 5.41) is 9.08. The lowest BCUT2D eigenvalue weighted by atomic mass is 9.85. The Labute approximate surface area is 103 Å². The number of carboxylic acid groups (broad SMARTS) is 1. The van der Waals surface area contributed by atoms with E-state index in [0.29, 0.717) is 12.8 Å². The third-order valence-electron chi connectivity index (χ3n) is 3.04. The summed E-state index contributed by atoms with van der Waals surface area (Å²) in [4.78, 5) is 34.7. The van der Waals surface area contributed by atoms with Gasteiger partial charge in [-0.1, -0.05) is 6.07 Å². The average molecular weight is 248 g/mol. The summed E-state index contributed by atoms with van der Waals surface area (Å²) in [6.45, 7) is 0. The number of aryl methyl sites for hydroxylation is 1. The molecule has 1 aliphatic rings. The molecule has 94 valence electrons. The van der Waals surface area contributed by atoms with Crippen LogP contribution in [-0.2, 0) is 11.2 Å². The summed E-state index contributed by atoms with van der Waals surface area (Å²) in [5.74, 6) is -2.21. The Kier molecular flexibility index (Phi) is 3.14. The molecule has 0 aliphatic heterocycles. The number of ketones is 1. The van der Waals surface area contributed by atoms with Crippen molar-refractivity contribution in [2.45, 2.75) is 19.3 Å². The van der Waals surface area contributed by atoms with Crippen molar-refractivity contribution in [3.05, 3.63) is 34.4 Å². The summed E-state index contributed by atoms with van der Waals surface area (Å²) in [6.07, 6.45) is 1.73. The Morgan fingerprint density at radius 3 is 2.61 bits per heavy atom. The van der Waals surface area contributed by atoms with Crippen molar-refractivity contribution in [2.24, 2.45) is 0 Å². The Bertz CT molecular complexity index is 545. The van der Waals surface area contributed by atoms with Gasteiger partial charge in [0.15, 0.2) is 5.78 Å². The SMILES string of the molecule is COC(=O)c1c(C(=O)O)ccc2c1C(=O)CCC2. The van der Waals surface area contributed by atoms with Gasteiger partial charge in [-0.2, -0.15) is 0 Å². The summed E-state index contributed by atoms with van der Waals surface area (Å²) in [5.41, 5.74) is 0.632. The quantitative estimate of drug-likeness (QED) is 0.805. The van der Waals surface area contributed by atoms with Gasteiger partial charge in [0.05, 0.1) is 18.2 Å². The number of ether oxygens (including phenoxy) is 1. The van der Waals surface area contributed by atoms with Crippen molar-refractivity contribution in [3.63, 3.8) is 0 Å². The molecule has 0 fully saturated rings. The van der Waals surface area contributed by atoms with E-state index in [2.05, 4.69) is 4.74 Å². The minimum Gasteiger partial charge on any atom is -0.478 e. The van der Waals surface area contributed by atoms with Crippen LogP contribution in [0.5, 0.6) is 0 Å². The molecular formula is C13H12O5. The summed E-state index contributed by atoms with van der Waals surface area (Å²) in [7, 11) is 1.17. The number of Topliss-reactive ketones (excluding diaryl/α,β-unsaturated/α-hetero) is 1. The highest BCUT2D eigenvalue weighted by atomic mass is 16.5. The fourth-order valence-electron chi connectivity index (χ4n) is 2.23. The molecule has 5 heteroatoms. The molecule has 0 heterocycles. The second-order valence-electron chi connectivity index (χ2n) is 4.10. The van der Waals surface area contributed by atoms with Gasteiger partial charge in [-0.05, 0) is 24.5 Å². The van der Waals surface area contributed by atoms with Crippen LogP contribution in [0.25, 0.3) is 0 Å². The van der Waals surface area contributed by atoms with E-state index in [4.69, 9.17) is 5.11 Å². The zero-order valence-corrected chi connectivity index (χ0v) is 9.86. The monoisotopic (exact) mass is 248 g/mol. The Hall–Kier alpha value is -2.17. The highest BCUT2D eigenvalue weighted by Crippen LogP contribution is 2.27. The Morgan fingerprint density at radius 1 is 1.28 bits per heavy atom. The van der Waals surface area contributed by atoms with Crippen LogP contribution in [0.2, 0.25) is 0 Å². The van der Waals surface area contributed by atoms with Crippen LogP contribution in [-0.4, -0.2) is 29.9 Å². The van der Waals surface area contributed by atoms with Crippen LogP contribution >= 0.6 is 0 Å². The van der Waals surface area contributed by atoms with Crippen LogP contribution in [0.15, 0.2) is 12.1 Å². The van der Waals surface area contributed by atoms with Gasteiger partial charge in [0.2, 0.25) is 0 Å². The van der Waals surface area contributed by atoms with Crippen molar-refractivity contribution >= 4 is 17.7 Å². The van der Waals surface area contributed by atoms with Gasteiger partial charge in [0.1, 0.15) is 0 Å². The molecule has 0 radical (unpaired) electrons. The van der Waals surface area contributed by atoms with E-state index in [1.165, 1.54) is 13.2 Å². The second-order valence-corrected chi connectivity index (χ2v) is 4.10. The smallest absolute Gasteiger partial charge is 0.339 e. The minimum atomic E-state index is -1.24. The highest BCUT2D eigenvalue weighted by molar-refractivity contribution is 6.13. The second kappa shape index (κ2) is 4.60. The van der Waals surface area contributed by atoms with Gasteiger partial charge in [0.25, 0.3) is 0 Å². The molecule has 0 spiro atoms. The van der Waals surface area contributed by atoms with Crippen molar-refractivity contribution in [3.8, 4) is 0 Å². The van der Waals surface area contributed by atoms with Crippen LogP contribution in [0.4, 0.5) is 0 Å². The van der Waals surface area contributed by atoms with Gasteiger partial charge >= 0.3 is 11.9 Å². The molecule has 0 unspecified atom stereocenters. The predicted octanol–water partition coefficient (Wildman–Crippen LogP) is 1.69. The average Bonchev–Trinajstić information content (AvgIpc) is 2.36. The zero-order valence-electron chi connectivity index (χ0n) is 9.86. The first-order chi connectivity index (χ1) is 8.56. The van der Waals surface area contributed by atoms with Crippen LogP contribution in [0.1, 0.15) is 49.5 Å². The summed E-state index contributed by atoms with van der Waals surface area (Å²) in [6, 6.07) is 2.95. The number of carboxylic acids is 1. The molecule has 5 nitrogen and oxygen atoms in total. The maximum Gasteiger partial charge on any atom is 0.339 e. The van der Waals surface area contributed by atoms with Gasteiger partial charge in [-0.25, -0.2) is 9.59 Å². The molecule has 0 saturated carbocycles. The van der Waals surface area contributed by atoms with Crippen LogP contribution < -0.4 is 0 Å². The zero-order chi connectivity index (χ0) is 13.3. The lowest BCUT2D eigenvalue weighted by Crippen LogP contribution is -2.21. The number of benzene rings is 1. The number of methoxy groups -OCH3 is 1. The first-order valence-electron chi connectivity index (χ1n) is 5.57. The maximum atomic E-state index is 11.9. The Morgan fingerprint density at radius 2 is 2.00 bits per heavy atom. The molecule has 1 N–H and O–H groups in total. The molecule has 18 heavy (non-hydrogen) atoms. The van der Waals surface area contributed by atoms with E-state index in [1.807, 2.05) is 0 Å². The van der Waals surface area contributed by atoms with Gasteiger partial charge in [-0.15, -0.1) is 0 Å². The summed E-state index contributed by atoms with van der Waals surface area (Å²) >= 11 is 0. The van der Waals surface area contributed by atoms with E-state index in [0.717, 1.165) is 12.0 Å². The standard InChI is InChI=1S/C13H12O5/c1-18-13(17)11-8(12(15)16)6-5-7-3-2-4-9(14)10(7)11/h5-6H,2-4H2,1H3,(H,15,16). The molecule has 0 amide bonds. The molecule has 2 rings (SSSR count). The number of fused-ring (bicyclic) bond motifs is 1. The maximum absolute atomic E-state index is 11.9. The minimum absolute atomic E-state index is 0.118. The Balaban J connectivity index is 2.74. The fraction of sp³-hybridized carbons (Fsp3) is 0.308. The number of hydrogen-bond donors (Lipinski definition) is 1. The van der Waals surface area contributed by atoms with Crippen molar-refractivity contribution < 1.29 is 24.2 Å². The third-order valence-corrected chi connectivity index (χ3v) is 3.04. The van der Waals surface area contributed by atoms with E-state index in [9.17, 15) is 14.4 Å². The van der Waals surface area contributed by atoms with Crippen molar-refractivity contribution in [2.75, 3.05) is 7.11 Å². The number of rotatable bonds is 2. The molecule has 1 aromatic carbocycles. The molecule has 0 aromatic heterocycles. The third kappa shape index (κ3) is 1.88. The molecule has 1 aliphatic carbocycles. The molecule has 1 aromatic rings. The van der Waals surface area contributed by atoms with Gasteiger partial charge in [0, 0.05) is 12.0 Å². The number of hydrogen-bond acceptors (Lipinski definition) is 4. The number of carbonyl (C=O) groups excluding carboxylic acids is 2. The summed E-state index contributed by atoms with van der Waals surface area (Å²) < 4.78 is 4.59. The van der Waals surface area contributed by atoms with Gasteiger partial charge < -0.3 is 9.84 Å².